The fourth-order valence-electron chi connectivity index (χ4n) is 2.56. The minimum atomic E-state index is -0.969. The van der Waals surface area contributed by atoms with Gasteiger partial charge in [0.1, 0.15) is 0 Å². The molecule has 18 heavy (non-hydrogen) atoms. The second-order valence-electron chi connectivity index (χ2n) is 5.03. The lowest BCUT2D eigenvalue weighted by atomic mass is 9.85. The molecule has 0 radical (unpaired) electrons. The maximum absolute atomic E-state index is 12.2. The highest BCUT2D eigenvalue weighted by Crippen LogP contribution is 2.26. The Morgan fingerprint density at radius 1 is 1.22 bits per heavy atom. The van der Waals surface area contributed by atoms with Gasteiger partial charge in [-0.05, 0) is 43.0 Å². The zero-order valence-electron chi connectivity index (χ0n) is 10.5. The van der Waals surface area contributed by atoms with E-state index in [2.05, 4.69) is 15.9 Å². The van der Waals surface area contributed by atoms with Gasteiger partial charge in [-0.1, -0.05) is 35.2 Å². The molecule has 0 saturated heterocycles. The first-order valence-electron chi connectivity index (χ1n) is 6.56. The molecule has 0 amide bonds. The second-order valence-corrected chi connectivity index (χ2v) is 7.44. The third-order valence-electron chi connectivity index (χ3n) is 3.68. The molecule has 1 aliphatic carbocycles. The second kappa shape index (κ2) is 6.83. The Kier molecular flexibility index (Phi) is 5.39. The average molecular weight is 330 g/mol. The highest BCUT2D eigenvalue weighted by Gasteiger charge is 2.22. The Balaban J connectivity index is 1.91. The quantitative estimate of drug-likeness (QED) is 0.919. The van der Waals surface area contributed by atoms with Gasteiger partial charge in [-0.25, -0.2) is 0 Å². The van der Waals surface area contributed by atoms with Crippen molar-refractivity contribution in [1.82, 2.24) is 0 Å². The lowest BCUT2D eigenvalue weighted by Crippen LogP contribution is -2.36. The van der Waals surface area contributed by atoms with Gasteiger partial charge in [-0.3, -0.25) is 4.21 Å². The zero-order chi connectivity index (χ0) is 13.0. The molecular weight excluding hydrogens is 310 g/mol. The van der Waals surface area contributed by atoms with Gasteiger partial charge in [0.05, 0.1) is 10.8 Å². The van der Waals surface area contributed by atoms with Gasteiger partial charge in [-0.2, -0.15) is 0 Å². The number of rotatable bonds is 4. The molecule has 0 heterocycles. The lowest BCUT2D eigenvalue weighted by Gasteiger charge is -2.27. The molecule has 2 atom stereocenters. The Bertz CT molecular complexity index is 401. The van der Waals surface area contributed by atoms with Gasteiger partial charge >= 0.3 is 0 Å². The van der Waals surface area contributed by atoms with Crippen molar-refractivity contribution in [2.24, 2.45) is 11.7 Å². The summed E-state index contributed by atoms with van der Waals surface area (Å²) in [5.74, 6) is 1.16. The molecule has 2 nitrogen and oxygen atoms in total. The average Bonchev–Trinajstić information content (AvgIpc) is 2.40. The zero-order valence-corrected chi connectivity index (χ0v) is 12.9. The number of benzene rings is 1. The molecule has 1 aliphatic rings. The van der Waals surface area contributed by atoms with Crippen LogP contribution >= 0.6 is 15.9 Å². The fourth-order valence-corrected chi connectivity index (χ4v) is 4.07. The van der Waals surface area contributed by atoms with Crippen LogP contribution in [-0.4, -0.2) is 16.0 Å². The summed E-state index contributed by atoms with van der Waals surface area (Å²) in [6.45, 7) is 0. The van der Waals surface area contributed by atoms with E-state index >= 15 is 0 Å². The van der Waals surface area contributed by atoms with Crippen molar-refractivity contribution in [3.63, 3.8) is 0 Å². The predicted octanol–water partition coefficient (Wildman–Crippen LogP) is 3.46. The summed E-state index contributed by atoms with van der Waals surface area (Å²) >= 11 is 3.38. The molecule has 2 unspecified atom stereocenters. The summed E-state index contributed by atoms with van der Waals surface area (Å²) in [6, 6.07) is 7.76. The standard InChI is InChI=1S/C14H20BrNOS/c15-12-6-8-13(9-7-12)18(17)10-14(16)11-4-2-1-3-5-11/h6-9,11,14H,1-5,10,16H2. The largest absolute Gasteiger partial charge is 0.327 e. The molecule has 0 bridgehead atoms. The van der Waals surface area contributed by atoms with Crippen LogP contribution in [0.15, 0.2) is 33.6 Å². The van der Waals surface area contributed by atoms with Crippen LogP contribution in [-0.2, 0) is 10.8 Å². The highest BCUT2D eigenvalue weighted by molar-refractivity contribution is 9.10. The first kappa shape index (κ1) is 14.2. The maximum Gasteiger partial charge on any atom is 0.0545 e. The van der Waals surface area contributed by atoms with E-state index in [1.807, 2.05) is 24.3 Å². The van der Waals surface area contributed by atoms with Crippen molar-refractivity contribution in [1.29, 1.82) is 0 Å². The van der Waals surface area contributed by atoms with Crippen LogP contribution in [0.2, 0.25) is 0 Å². The minimum absolute atomic E-state index is 0.0785. The Morgan fingerprint density at radius 3 is 2.44 bits per heavy atom. The fraction of sp³-hybridized carbons (Fsp3) is 0.571. The molecule has 1 saturated carbocycles. The molecule has 4 heteroatoms. The summed E-state index contributed by atoms with van der Waals surface area (Å²) in [4.78, 5) is 0.879. The Labute approximate surface area is 120 Å². The van der Waals surface area contributed by atoms with Gasteiger partial charge in [0.25, 0.3) is 0 Å². The van der Waals surface area contributed by atoms with E-state index in [1.165, 1.54) is 32.1 Å². The van der Waals surface area contributed by atoms with Gasteiger partial charge < -0.3 is 5.73 Å². The Morgan fingerprint density at radius 2 is 1.83 bits per heavy atom. The minimum Gasteiger partial charge on any atom is -0.327 e. The third-order valence-corrected chi connectivity index (χ3v) is 5.69. The molecule has 0 aromatic heterocycles. The van der Waals surface area contributed by atoms with Crippen LogP contribution in [0.4, 0.5) is 0 Å². The summed E-state index contributed by atoms with van der Waals surface area (Å²) in [5, 5.41) is 0. The van der Waals surface area contributed by atoms with E-state index in [0.717, 1.165) is 9.37 Å². The van der Waals surface area contributed by atoms with Crippen LogP contribution in [0, 0.1) is 5.92 Å². The first-order valence-corrected chi connectivity index (χ1v) is 8.67. The molecule has 2 rings (SSSR count). The van der Waals surface area contributed by atoms with Crippen LogP contribution in [0.5, 0.6) is 0 Å². The van der Waals surface area contributed by atoms with Crippen molar-refractivity contribution in [3.05, 3.63) is 28.7 Å². The summed E-state index contributed by atoms with van der Waals surface area (Å²) in [6.07, 6.45) is 6.31. The van der Waals surface area contributed by atoms with Crippen molar-refractivity contribution < 1.29 is 4.21 Å². The smallest absolute Gasteiger partial charge is 0.0545 e. The Hall–Kier alpha value is -0.190. The molecule has 1 aromatic carbocycles. The van der Waals surface area contributed by atoms with Crippen LogP contribution in [0.25, 0.3) is 0 Å². The number of halogens is 1. The van der Waals surface area contributed by atoms with E-state index in [0.29, 0.717) is 11.7 Å². The monoisotopic (exact) mass is 329 g/mol. The molecule has 1 fully saturated rings. The molecular formula is C14H20BrNOS. The van der Waals surface area contributed by atoms with Crippen LogP contribution in [0.3, 0.4) is 0 Å². The van der Waals surface area contributed by atoms with Crippen LogP contribution < -0.4 is 5.73 Å². The molecule has 0 aliphatic heterocycles. The molecule has 100 valence electrons. The SMILES string of the molecule is NC(CS(=O)c1ccc(Br)cc1)C1CCCCC1. The number of nitrogens with two attached hydrogens (primary N) is 1. The van der Waals surface area contributed by atoms with Gasteiger partial charge in [0, 0.05) is 21.2 Å². The summed E-state index contributed by atoms with van der Waals surface area (Å²) < 4.78 is 13.2. The maximum atomic E-state index is 12.2. The highest BCUT2D eigenvalue weighted by atomic mass is 79.9. The number of hydrogen-bond donors (Lipinski definition) is 1. The predicted molar refractivity (Wildman–Crippen MR) is 80.0 cm³/mol. The van der Waals surface area contributed by atoms with Crippen molar-refractivity contribution in [2.45, 2.75) is 43.0 Å². The molecule has 2 N–H and O–H groups in total. The topological polar surface area (TPSA) is 43.1 Å². The van der Waals surface area contributed by atoms with Crippen LogP contribution in [0.1, 0.15) is 32.1 Å². The molecule has 1 aromatic rings. The number of hydrogen-bond acceptors (Lipinski definition) is 2. The van der Waals surface area contributed by atoms with E-state index in [4.69, 9.17) is 5.73 Å². The van der Waals surface area contributed by atoms with E-state index in [1.54, 1.807) is 0 Å². The summed E-state index contributed by atoms with van der Waals surface area (Å²) in [5.41, 5.74) is 6.21. The van der Waals surface area contributed by atoms with Gasteiger partial charge in [0.2, 0.25) is 0 Å². The lowest BCUT2D eigenvalue weighted by molar-refractivity contribution is 0.318. The van der Waals surface area contributed by atoms with E-state index in [9.17, 15) is 4.21 Å². The van der Waals surface area contributed by atoms with Crippen molar-refractivity contribution in [2.75, 3.05) is 5.75 Å². The molecule has 0 spiro atoms. The normalized spacial score (nSPS) is 20.6. The van der Waals surface area contributed by atoms with E-state index < -0.39 is 10.8 Å². The van der Waals surface area contributed by atoms with Crippen molar-refractivity contribution >= 4 is 26.7 Å². The first-order chi connectivity index (χ1) is 8.66. The third kappa shape index (κ3) is 3.90. The van der Waals surface area contributed by atoms with Crippen molar-refractivity contribution in [3.8, 4) is 0 Å². The summed E-state index contributed by atoms with van der Waals surface area (Å²) in [7, 11) is -0.969. The van der Waals surface area contributed by atoms with E-state index in [-0.39, 0.29) is 6.04 Å². The van der Waals surface area contributed by atoms with Gasteiger partial charge in [-0.15, -0.1) is 0 Å². The van der Waals surface area contributed by atoms with Gasteiger partial charge in [0.15, 0.2) is 0 Å².